The van der Waals surface area contributed by atoms with Crippen LogP contribution in [-0.2, 0) is 4.79 Å². The second kappa shape index (κ2) is 10.4. The highest BCUT2D eigenvalue weighted by atomic mass is 35.5. The van der Waals surface area contributed by atoms with E-state index >= 15 is 0 Å². The Balaban J connectivity index is 1.71. The van der Waals surface area contributed by atoms with Crippen LogP contribution in [0.25, 0.3) is 11.8 Å². The highest BCUT2D eigenvalue weighted by molar-refractivity contribution is 7.07. The number of hydrogen-bond donors (Lipinski definition) is 0. The minimum absolute atomic E-state index is 0.153. The lowest BCUT2D eigenvalue weighted by Crippen LogP contribution is -2.39. The van der Waals surface area contributed by atoms with Gasteiger partial charge in [0.05, 0.1) is 24.8 Å². The van der Waals surface area contributed by atoms with Crippen LogP contribution in [0.2, 0.25) is 5.02 Å². The number of benzene rings is 2. The maximum Gasteiger partial charge on any atom is 0.271 e. The second-order valence-electron chi connectivity index (χ2n) is 9.38. The summed E-state index contributed by atoms with van der Waals surface area (Å²) in [6, 6.07) is 14.4. The van der Waals surface area contributed by atoms with Crippen LogP contribution in [0, 0.1) is 13.8 Å². The average Bonchev–Trinajstić information content (AvgIpc) is 3.37. The summed E-state index contributed by atoms with van der Waals surface area (Å²) >= 11 is 7.40. The number of ether oxygens (including phenoxy) is 2. The molecule has 1 atom stereocenters. The molecule has 7 nitrogen and oxygen atoms in total. The van der Waals surface area contributed by atoms with E-state index in [0.717, 1.165) is 22.6 Å². The third-order valence-corrected chi connectivity index (χ3v) is 8.21. The van der Waals surface area contributed by atoms with Gasteiger partial charge in [-0.1, -0.05) is 22.9 Å². The molecule has 0 saturated heterocycles. The molecule has 0 amide bonds. The average molecular weight is 562 g/mol. The molecule has 5 rings (SSSR count). The number of thiazole rings is 1. The van der Waals surface area contributed by atoms with Gasteiger partial charge in [0.25, 0.3) is 5.56 Å². The molecule has 3 heterocycles. The van der Waals surface area contributed by atoms with Crippen molar-refractivity contribution < 1.29 is 14.3 Å². The fraction of sp³-hybridized carbons (Fsp3) is 0.233. The zero-order valence-electron chi connectivity index (χ0n) is 22.5. The van der Waals surface area contributed by atoms with Gasteiger partial charge in [0.2, 0.25) is 0 Å². The van der Waals surface area contributed by atoms with E-state index in [-0.39, 0.29) is 11.3 Å². The largest absolute Gasteiger partial charge is 0.497 e. The number of hydrogen-bond acceptors (Lipinski definition) is 6. The molecule has 0 aliphatic carbocycles. The fourth-order valence-corrected chi connectivity index (χ4v) is 6.34. The van der Waals surface area contributed by atoms with Crippen molar-refractivity contribution in [2.45, 2.75) is 33.7 Å². The number of methoxy groups -OCH3 is 2. The van der Waals surface area contributed by atoms with E-state index in [1.807, 2.05) is 50.3 Å². The Morgan fingerprint density at radius 3 is 2.41 bits per heavy atom. The Bertz CT molecular complexity index is 1830. The second-order valence-corrected chi connectivity index (χ2v) is 10.8. The molecule has 9 heteroatoms. The molecule has 2 aromatic heterocycles. The molecule has 4 aromatic rings. The number of fused-ring (bicyclic) bond motifs is 1. The molecular formula is C30H28ClN3O4S. The molecule has 1 aliphatic rings. The number of aromatic nitrogens is 2. The number of rotatable bonds is 6. The van der Waals surface area contributed by atoms with Crippen molar-refractivity contribution in [2.75, 3.05) is 14.2 Å². The quantitative estimate of drug-likeness (QED) is 0.335. The number of halogens is 1. The van der Waals surface area contributed by atoms with Crippen molar-refractivity contribution in [1.82, 2.24) is 9.13 Å². The minimum atomic E-state index is -0.678. The van der Waals surface area contributed by atoms with Crippen LogP contribution in [0.1, 0.15) is 42.4 Å². The number of aryl methyl sites for hydroxylation is 1. The van der Waals surface area contributed by atoms with Crippen LogP contribution in [-0.4, -0.2) is 29.1 Å². The maximum absolute atomic E-state index is 14.0. The van der Waals surface area contributed by atoms with Crippen LogP contribution >= 0.6 is 22.9 Å². The smallest absolute Gasteiger partial charge is 0.271 e. The Labute approximate surface area is 234 Å². The van der Waals surface area contributed by atoms with E-state index in [0.29, 0.717) is 42.7 Å². The molecule has 0 N–H and O–H groups in total. The summed E-state index contributed by atoms with van der Waals surface area (Å²) in [4.78, 5) is 32.0. The molecule has 0 radical (unpaired) electrons. The Hall–Kier alpha value is -3.88. The molecule has 200 valence electrons. The normalized spacial score (nSPS) is 15.3. The number of nitrogens with zero attached hydrogens (tertiary/aromatic N) is 3. The van der Waals surface area contributed by atoms with E-state index < -0.39 is 6.04 Å². The summed E-state index contributed by atoms with van der Waals surface area (Å²) in [6.07, 6.45) is 1.90. The highest BCUT2D eigenvalue weighted by Crippen LogP contribution is 2.37. The first kappa shape index (κ1) is 26.7. The molecule has 0 bridgehead atoms. The third kappa shape index (κ3) is 4.64. The van der Waals surface area contributed by atoms with E-state index in [9.17, 15) is 9.59 Å². The number of ketones is 1. The fourth-order valence-electron chi connectivity index (χ4n) is 5.17. The predicted molar refractivity (Wildman–Crippen MR) is 154 cm³/mol. The lowest BCUT2D eigenvalue weighted by molar-refractivity contribution is -0.114. The van der Waals surface area contributed by atoms with Crippen LogP contribution < -0.4 is 24.4 Å². The van der Waals surface area contributed by atoms with Crippen molar-refractivity contribution in [3.05, 3.63) is 107 Å². The zero-order chi connectivity index (χ0) is 28.0. The van der Waals surface area contributed by atoms with Gasteiger partial charge >= 0.3 is 0 Å². The van der Waals surface area contributed by atoms with Gasteiger partial charge in [-0.25, -0.2) is 4.99 Å². The molecule has 1 aliphatic heterocycles. The van der Waals surface area contributed by atoms with Gasteiger partial charge in [-0.15, -0.1) is 0 Å². The number of allylic oxidation sites excluding steroid dienone is 2. The first-order valence-electron chi connectivity index (χ1n) is 12.3. The van der Waals surface area contributed by atoms with Crippen LogP contribution in [0.4, 0.5) is 0 Å². The van der Waals surface area contributed by atoms with Gasteiger partial charge in [-0.2, -0.15) is 0 Å². The van der Waals surface area contributed by atoms with Crippen molar-refractivity contribution in [1.29, 1.82) is 0 Å². The molecule has 1 unspecified atom stereocenters. The molecule has 2 aromatic carbocycles. The summed E-state index contributed by atoms with van der Waals surface area (Å²) in [7, 11) is 3.13. The number of Topliss-reactive ketones (excluding diaryl/α,β-unsaturated/α-hetero) is 1. The molecule has 0 fully saturated rings. The standard InChI is InChI=1S/C30H28ClN3O4S/c1-16-13-20(18(3)33(16)22-9-7-21(31)8-10-22)14-26-29(36)34-28(24-12-11-23(37-5)15-25(24)38-6)27(19(4)35)17(2)32-30(34)39-26/h7-15,28H,1-6H3/b26-14-. The molecule has 39 heavy (non-hydrogen) atoms. The summed E-state index contributed by atoms with van der Waals surface area (Å²) < 4.78 is 15.3. The van der Waals surface area contributed by atoms with Gasteiger partial charge in [-0.3, -0.25) is 14.2 Å². The summed E-state index contributed by atoms with van der Waals surface area (Å²) in [5.41, 5.74) is 5.45. The topological polar surface area (TPSA) is 74.8 Å². The number of carbonyl (C=O) groups is 1. The highest BCUT2D eigenvalue weighted by Gasteiger charge is 2.32. The molecule has 0 saturated carbocycles. The Morgan fingerprint density at radius 1 is 1.05 bits per heavy atom. The SMILES string of the molecule is COc1ccc(C2C(C(C)=O)=C(C)N=c3s/c(=C\c4cc(C)n(-c5ccc(Cl)cc5)c4C)c(=O)n32)c(OC)c1. The van der Waals surface area contributed by atoms with Gasteiger partial charge in [-0.05, 0) is 81.8 Å². The van der Waals surface area contributed by atoms with Gasteiger partial charge < -0.3 is 14.0 Å². The minimum Gasteiger partial charge on any atom is -0.497 e. The number of carbonyl (C=O) groups excluding carboxylic acids is 1. The Morgan fingerprint density at radius 2 is 1.77 bits per heavy atom. The molecule has 0 spiro atoms. The molecular weight excluding hydrogens is 534 g/mol. The van der Waals surface area contributed by atoms with E-state index in [4.69, 9.17) is 21.1 Å². The van der Waals surface area contributed by atoms with Gasteiger partial charge in [0, 0.05) is 45.0 Å². The van der Waals surface area contributed by atoms with Crippen molar-refractivity contribution in [3.63, 3.8) is 0 Å². The maximum atomic E-state index is 14.0. The monoisotopic (exact) mass is 561 g/mol. The zero-order valence-corrected chi connectivity index (χ0v) is 24.1. The Kier molecular flexibility index (Phi) is 7.09. The van der Waals surface area contributed by atoms with Crippen molar-refractivity contribution in [2.24, 2.45) is 4.99 Å². The lowest BCUT2D eigenvalue weighted by atomic mass is 9.92. The lowest BCUT2D eigenvalue weighted by Gasteiger charge is -2.26. The van der Waals surface area contributed by atoms with E-state index in [1.54, 1.807) is 37.8 Å². The summed E-state index contributed by atoms with van der Waals surface area (Å²) in [6.45, 7) is 7.35. The van der Waals surface area contributed by atoms with E-state index in [2.05, 4.69) is 15.6 Å². The predicted octanol–water partition coefficient (Wildman–Crippen LogP) is 4.90. The van der Waals surface area contributed by atoms with Crippen LogP contribution in [0.3, 0.4) is 0 Å². The van der Waals surface area contributed by atoms with Crippen molar-refractivity contribution >= 4 is 34.8 Å². The van der Waals surface area contributed by atoms with Crippen molar-refractivity contribution in [3.8, 4) is 17.2 Å². The summed E-state index contributed by atoms with van der Waals surface area (Å²) in [5.74, 6) is 0.984. The van der Waals surface area contributed by atoms with Crippen LogP contribution in [0.5, 0.6) is 11.5 Å². The summed E-state index contributed by atoms with van der Waals surface area (Å²) in [5, 5.41) is 0.672. The van der Waals surface area contributed by atoms with Gasteiger partial charge in [0.15, 0.2) is 10.6 Å². The first-order valence-corrected chi connectivity index (χ1v) is 13.5. The van der Waals surface area contributed by atoms with E-state index in [1.165, 1.54) is 18.3 Å². The van der Waals surface area contributed by atoms with Gasteiger partial charge in [0.1, 0.15) is 11.5 Å². The third-order valence-electron chi connectivity index (χ3n) is 6.98. The first-order chi connectivity index (χ1) is 18.6. The van der Waals surface area contributed by atoms with Crippen LogP contribution in [0.15, 0.2) is 69.6 Å².